The Hall–Kier alpha value is -1.38. The molecule has 0 atom stereocenters. The first-order chi connectivity index (χ1) is 7.32. The first kappa shape index (κ1) is 11.1. The molecule has 0 N–H and O–H groups in total. The minimum atomic E-state index is 0.132. The second-order valence-electron chi connectivity index (χ2n) is 5.45. The summed E-state index contributed by atoms with van der Waals surface area (Å²) in [7, 11) is 1.94. The summed E-state index contributed by atoms with van der Waals surface area (Å²) in [4.78, 5) is 4.53. The smallest absolute Gasteiger partial charge is 0.158 e. The molecule has 16 heavy (non-hydrogen) atoms. The molecule has 0 saturated carbocycles. The van der Waals surface area contributed by atoms with Gasteiger partial charge in [-0.1, -0.05) is 20.8 Å². The predicted octanol–water partition coefficient (Wildman–Crippen LogP) is 2.88. The minimum Gasteiger partial charge on any atom is -0.250 e. The van der Waals surface area contributed by atoms with Gasteiger partial charge in [0.1, 0.15) is 0 Å². The molecule has 0 aliphatic carbocycles. The fourth-order valence-electron chi connectivity index (χ4n) is 2.35. The van der Waals surface area contributed by atoms with E-state index in [-0.39, 0.29) is 5.41 Å². The van der Waals surface area contributed by atoms with Crippen LogP contribution in [0.4, 0.5) is 0 Å². The van der Waals surface area contributed by atoms with Crippen molar-refractivity contribution in [3.8, 4) is 0 Å². The van der Waals surface area contributed by atoms with Gasteiger partial charge in [0.15, 0.2) is 5.65 Å². The van der Waals surface area contributed by atoms with Crippen molar-refractivity contribution in [2.24, 2.45) is 7.05 Å². The Balaban J connectivity index is 2.84. The fourth-order valence-corrected chi connectivity index (χ4v) is 2.35. The van der Waals surface area contributed by atoms with E-state index in [4.69, 9.17) is 0 Å². The van der Waals surface area contributed by atoms with Crippen LogP contribution in [0.15, 0.2) is 6.20 Å². The predicted molar refractivity (Wildman–Crippen MR) is 66.7 cm³/mol. The van der Waals surface area contributed by atoms with Crippen molar-refractivity contribution in [3.63, 3.8) is 0 Å². The molecule has 0 aliphatic rings. The average molecular weight is 217 g/mol. The highest BCUT2D eigenvalue weighted by atomic mass is 15.3. The van der Waals surface area contributed by atoms with Gasteiger partial charge < -0.3 is 0 Å². The fraction of sp³-hybridized carbons (Fsp3) is 0.538. The molecule has 0 amide bonds. The third-order valence-electron chi connectivity index (χ3n) is 3.09. The lowest BCUT2D eigenvalue weighted by Crippen LogP contribution is -2.13. The van der Waals surface area contributed by atoms with Gasteiger partial charge in [-0.3, -0.25) is 4.68 Å². The standard InChI is InChI=1S/C13H19N3/c1-8-10(13(3,4)5)7-14-12-11(8)9(2)15-16(12)6/h7H,1-6H3. The number of rotatable bonds is 0. The number of fused-ring (bicyclic) bond motifs is 1. The summed E-state index contributed by atoms with van der Waals surface area (Å²) in [5.74, 6) is 0. The van der Waals surface area contributed by atoms with E-state index in [1.54, 1.807) is 0 Å². The summed E-state index contributed by atoms with van der Waals surface area (Å²) < 4.78 is 1.85. The number of nitrogens with zero attached hydrogens (tertiary/aromatic N) is 3. The highest BCUT2D eigenvalue weighted by molar-refractivity contribution is 5.83. The van der Waals surface area contributed by atoms with Crippen LogP contribution in [0.1, 0.15) is 37.6 Å². The monoisotopic (exact) mass is 217 g/mol. The van der Waals surface area contributed by atoms with Crippen molar-refractivity contribution < 1.29 is 0 Å². The summed E-state index contributed by atoms with van der Waals surface area (Å²) in [5.41, 5.74) is 4.78. The van der Waals surface area contributed by atoms with Crippen molar-refractivity contribution in [1.29, 1.82) is 0 Å². The Morgan fingerprint density at radius 1 is 1.19 bits per heavy atom. The molecule has 0 radical (unpaired) electrons. The number of hydrogen-bond acceptors (Lipinski definition) is 2. The lowest BCUT2D eigenvalue weighted by atomic mass is 9.84. The molecule has 2 rings (SSSR count). The van der Waals surface area contributed by atoms with Crippen LogP contribution < -0.4 is 0 Å². The SMILES string of the molecule is Cc1nn(C)c2ncc(C(C)(C)C)c(C)c12. The van der Waals surface area contributed by atoms with Crippen LogP contribution in [0.3, 0.4) is 0 Å². The van der Waals surface area contributed by atoms with E-state index in [0.29, 0.717) is 0 Å². The van der Waals surface area contributed by atoms with Crippen LogP contribution in [0, 0.1) is 13.8 Å². The zero-order valence-electron chi connectivity index (χ0n) is 10.9. The van der Waals surface area contributed by atoms with Crippen molar-refractivity contribution in [2.45, 2.75) is 40.0 Å². The number of hydrogen-bond donors (Lipinski definition) is 0. The van der Waals surface area contributed by atoms with Gasteiger partial charge in [-0.25, -0.2) is 4.98 Å². The van der Waals surface area contributed by atoms with Gasteiger partial charge in [-0.15, -0.1) is 0 Å². The van der Waals surface area contributed by atoms with Gasteiger partial charge in [0.05, 0.1) is 5.69 Å². The summed E-state index contributed by atoms with van der Waals surface area (Å²) in [6.45, 7) is 10.9. The third kappa shape index (κ3) is 1.51. The molecule has 0 aromatic carbocycles. The molecule has 0 aliphatic heterocycles. The van der Waals surface area contributed by atoms with Crippen LogP contribution in [0.5, 0.6) is 0 Å². The van der Waals surface area contributed by atoms with Gasteiger partial charge in [0.25, 0.3) is 0 Å². The first-order valence-corrected chi connectivity index (χ1v) is 5.61. The normalized spacial score (nSPS) is 12.4. The number of aromatic nitrogens is 3. The molecule has 86 valence electrons. The topological polar surface area (TPSA) is 30.7 Å². The Morgan fingerprint density at radius 2 is 1.81 bits per heavy atom. The van der Waals surface area contributed by atoms with Crippen LogP contribution in [0.25, 0.3) is 11.0 Å². The third-order valence-corrected chi connectivity index (χ3v) is 3.09. The maximum absolute atomic E-state index is 4.53. The van der Waals surface area contributed by atoms with Crippen LogP contribution in [-0.4, -0.2) is 14.8 Å². The largest absolute Gasteiger partial charge is 0.250 e. The molecule has 0 bridgehead atoms. The first-order valence-electron chi connectivity index (χ1n) is 5.61. The van der Waals surface area contributed by atoms with E-state index in [1.165, 1.54) is 16.5 Å². The second kappa shape index (κ2) is 3.30. The van der Waals surface area contributed by atoms with Crippen molar-refractivity contribution >= 4 is 11.0 Å². The number of aryl methyl sites for hydroxylation is 3. The maximum atomic E-state index is 4.53. The molecule has 3 nitrogen and oxygen atoms in total. The zero-order chi connectivity index (χ0) is 12.1. The lowest BCUT2D eigenvalue weighted by molar-refractivity contribution is 0.584. The quantitative estimate of drug-likeness (QED) is 0.679. The molecule has 0 spiro atoms. The number of pyridine rings is 1. The van der Waals surface area contributed by atoms with E-state index in [1.807, 2.05) is 24.9 Å². The Bertz CT molecular complexity index is 544. The van der Waals surface area contributed by atoms with E-state index < -0.39 is 0 Å². The molecule has 2 aromatic rings. The van der Waals surface area contributed by atoms with Crippen LogP contribution >= 0.6 is 0 Å². The highest BCUT2D eigenvalue weighted by Crippen LogP contribution is 2.30. The van der Waals surface area contributed by atoms with E-state index in [2.05, 4.69) is 37.8 Å². The second-order valence-corrected chi connectivity index (χ2v) is 5.45. The van der Waals surface area contributed by atoms with Crippen molar-refractivity contribution in [3.05, 3.63) is 23.0 Å². The Morgan fingerprint density at radius 3 is 2.38 bits per heavy atom. The summed E-state index contributed by atoms with van der Waals surface area (Å²) in [6.07, 6.45) is 1.98. The highest BCUT2D eigenvalue weighted by Gasteiger charge is 2.20. The van der Waals surface area contributed by atoms with E-state index in [0.717, 1.165) is 11.3 Å². The van der Waals surface area contributed by atoms with E-state index >= 15 is 0 Å². The van der Waals surface area contributed by atoms with Crippen molar-refractivity contribution in [1.82, 2.24) is 14.8 Å². The van der Waals surface area contributed by atoms with Crippen LogP contribution in [-0.2, 0) is 12.5 Å². The lowest BCUT2D eigenvalue weighted by Gasteiger charge is -2.21. The van der Waals surface area contributed by atoms with Gasteiger partial charge in [-0.05, 0) is 30.4 Å². The molecule has 0 saturated heterocycles. The van der Waals surface area contributed by atoms with Gasteiger partial charge in [0.2, 0.25) is 0 Å². The summed E-state index contributed by atoms with van der Waals surface area (Å²) in [5, 5.41) is 5.63. The van der Waals surface area contributed by atoms with Crippen molar-refractivity contribution in [2.75, 3.05) is 0 Å². The Labute approximate surface area is 96.5 Å². The molecule has 3 heteroatoms. The molecule has 2 aromatic heterocycles. The summed E-state index contributed by atoms with van der Waals surface area (Å²) in [6, 6.07) is 0. The van der Waals surface area contributed by atoms with Gasteiger partial charge in [0, 0.05) is 18.6 Å². The molecule has 0 fully saturated rings. The molecule has 2 heterocycles. The Kier molecular flexibility index (Phi) is 2.30. The molecule has 0 unspecified atom stereocenters. The van der Waals surface area contributed by atoms with Gasteiger partial charge >= 0.3 is 0 Å². The molecular weight excluding hydrogens is 198 g/mol. The maximum Gasteiger partial charge on any atom is 0.158 e. The van der Waals surface area contributed by atoms with Gasteiger partial charge in [-0.2, -0.15) is 5.10 Å². The minimum absolute atomic E-state index is 0.132. The summed E-state index contributed by atoms with van der Waals surface area (Å²) >= 11 is 0. The van der Waals surface area contributed by atoms with E-state index in [9.17, 15) is 0 Å². The zero-order valence-corrected chi connectivity index (χ0v) is 10.9. The average Bonchev–Trinajstić information content (AvgIpc) is 2.41. The molecular formula is C13H19N3. The van der Waals surface area contributed by atoms with Crippen LogP contribution in [0.2, 0.25) is 0 Å².